The van der Waals surface area contributed by atoms with Gasteiger partial charge in [0.15, 0.2) is 0 Å². The SMILES string of the molecule is CCCCCCCCCCOc1ccc(NC(=O)CCc2cc(C(C)(C)C)c(O)c(C(C)(C)C)c2)cc1C(C)(C)C. The number of carbonyl (C=O) groups is 1. The van der Waals surface area contributed by atoms with Crippen LogP contribution in [-0.2, 0) is 27.5 Å². The van der Waals surface area contributed by atoms with Crippen LogP contribution in [0.15, 0.2) is 30.3 Å². The Bertz CT molecular complexity index is 1080. The summed E-state index contributed by atoms with van der Waals surface area (Å²) in [7, 11) is 0. The summed E-state index contributed by atoms with van der Waals surface area (Å²) in [6.45, 7) is 22.2. The molecule has 1 amide bonds. The molecule has 0 saturated heterocycles. The van der Waals surface area contributed by atoms with Crippen molar-refractivity contribution < 1.29 is 14.6 Å². The van der Waals surface area contributed by atoms with Gasteiger partial charge in [0.1, 0.15) is 11.5 Å². The number of hydrogen-bond acceptors (Lipinski definition) is 3. The normalized spacial score (nSPS) is 12.4. The van der Waals surface area contributed by atoms with Gasteiger partial charge in [0.2, 0.25) is 5.91 Å². The zero-order valence-corrected chi connectivity index (χ0v) is 27.9. The lowest BCUT2D eigenvalue weighted by atomic mass is 9.78. The van der Waals surface area contributed by atoms with Crippen molar-refractivity contribution in [1.82, 2.24) is 0 Å². The molecule has 2 aromatic rings. The van der Waals surface area contributed by atoms with Crippen molar-refractivity contribution in [3.63, 3.8) is 0 Å². The van der Waals surface area contributed by atoms with Gasteiger partial charge in [-0.05, 0) is 64.0 Å². The van der Waals surface area contributed by atoms with Crippen LogP contribution in [0.5, 0.6) is 11.5 Å². The molecule has 0 aliphatic heterocycles. The van der Waals surface area contributed by atoms with Crippen molar-refractivity contribution >= 4 is 11.6 Å². The molecule has 0 bridgehead atoms. The van der Waals surface area contributed by atoms with Crippen LogP contribution in [0.1, 0.15) is 149 Å². The molecule has 0 fully saturated rings. The number of aryl methyl sites for hydroxylation is 1. The topological polar surface area (TPSA) is 58.6 Å². The molecule has 2 N–H and O–H groups in total. The van der Waals surface area contributed by atoms with Crippen molar-refractivity contribution in [2.75, 3.05) is 11.9 Å². The van der Waals surface area contributed by atoms with E-state index in [4.69, 9.17) is 4.74 Å². The molecule has 0 saturated carbocycles. The maximum Gasteiger partial charge on any atom is 0.224 e. The molecule has 0 aromatic heterocycles. The molecule has 2 aromatic carbocycles. The minimum absolute atomic E-state index is 0.0137. The summed E-state index contributed by atoms with van der Waals surface area (Å²) < 4.78 is 6.23. The van der Waals surface area contributed by atoms with Gasteiger partial charge in [-0.15, -0.1) is 0 Å². The number of benzene rings is 2. The maximum atomic E-state index is 13.0. The first-order valence-corrected chi connectivity index (χ1v) is 16.0. The Morgan fingerprint density at radius 2 is 1.24 bits per heavy atom. The Labute approximate surface area is 251 Å². The molecule has 0 aliphatic carbocycles. The van der Waals surface area contributed by atoms with E-state index in [9.17, 15) is 9.90 Å². The lowest BCUT2D eigenvalue weighted by Crippen LogP contribution is -2.19. The largest absolute Gasteiger partial charge is 0.507 e. The molecule has 41 heavy (non-hydrogen) atoms. The smallest absolute Gasteiger partial charge is 0.224 e. The fraction of sp³-hybridized carbons (Fsp3) is 0.649. The summed E-state index contributed by atoms with van der Waals surface area (Å²) >= 11 is 0. The van der Waals surface area contributed by atoms with Crippen LogP contribution in [0.3, 0.4) is 0 Å². The van der Waals surface area contributed by atoms with Crippen LogP contribution >= 0.6 is 0 Å². The fourth-order valence-corrected chi connectivity index (χ4v) is 5.20. The second-order valence-corrected chi connectivity index (χ2v) is 14.9. The molecule has 4 nitrogen and oxygen atoms in total. The number of rotatable bonds is 14. The Balaban J connectivity index is 2.02. The average Bonchev–Trinajstić information content (AvgIpc) is 2.85. The van der Waals surface area contributed by atoms with Crippen molar-refractivity contribution in [1.29, 1.82) is 0 Å². The molecule has 0 aliphatic rings. The zero-order chi connectivity index (χ0) is 30.8. The lowest BCUT2D eigenvalue weighted by Gasteiger charge is -2.28. The summed E-state index contributed by atoms with van der Waals surface area (Å²) in [5.41, 5.74) is 4.36. The average molecular weight is 566 g/mol. The van der Waals surface area contributed by atoms with Crippen molar-refractivity contribution in [2.24, 2.45) is 0 Å². The Kier molecular flexibility index (Phi) is 12.8. The molecule has 0 atom stereocenters. The highest BCUT2D eigenvalue weighted by Crippen LogP contribution is 2.40. The van der Waals surface area contributed by atoms with Crippen LogP contribution in [0.2, 0.25) is 0 Å². The summed E-state index contributed by atoms with van der Waals surface area (Å²) in [6, 6.07) is 10.2. The summed E-state index contributed by atoms with van der Waals surface area (Å²) in [5, 5.41) is 14.1. The molecule has 2 rings (SSSR count). The van der Waals surface area contributed by atoms with Gasteiger partial charge < -0.3 is 15.2 Å². The first-order chi connectivity index (χ1) is 19.0. The highest BCUT2D eigenvalue weighted by molar-refractivity contribution is 5.91. The fourth-order valence-electron chi connectivity index (χ4n) is 5.20. The van der Waals surface area contributed by atoms with Gasteiger partial charge in [0, 0.05) is 17.7 Å². The minimum Gasteiger partial charge on any atom is -0.507 e. The van der Waals surface area contributed by atoms with Crippen LogP contribution in [-0.4, -0.2) is 17.6 Å². The van der Waals surface area contributed by atoms with Gasteiger partial charge in [0.05, 0.1) is 6.61 Å². The van der Waals surface area contributed by atoms with E-state index in [1.165, 1.54) is 44.9 Å². The number of phenols is 1. The van der Waals surface area contributed by atoms with Gasteiger partial charge in [-0.3, -0.25) is 4.79 Å². The van der Waals surface area contributed by atoms with E-state index in [1.54, 1.807) is 0 Å². The van der Waals surface area contributed by atoms with E-state index in [1.807, 2.05) is 12.1 Å². The third-order valence-electron chi connectivity index (χ3n) is 7.75. The molecule has 0 radical (unpaired) electrons. The zero-order valence-electron chi connectivity index (χ0n) is 27.9. The Hall–Kier alpha value is -2.49. The number of unbranched alkanes of at least 4 members (excludes halogenated alkanes) is 7. The lowest BCUT2D eigenvalue weighted by molar-refractivity contribution is -0.116. The highest BCUT2D eigenvalue weighted by atomic mass is 16.5. The predicted molar refractivity (Wildman–Crippen MR) is 176 cm³/mol. The van der Waals surface area contributed by atoms with Gasteiger partial charge in [0.25, 0.3) is 0 Å². The number of aromatic hydroxyl groups is 1. The second-order valence-electron chi connectivity index (χ2n) is 14.9. The number of nitrogens with one attached hydrogen (secondary N) is 1. The number of hydrogen-bond donors (Lipinski definition) is 2. The summed E-state index contributed by atoms with van der Waals surface area (Å²) in [5.74, 6) is 1.27. The van der Waals surface area contributed by atoms with E-state index in [0.29, 0.717) is 18.6 Å². The number of phenolic OH excluding ortho intramolecular Hbond substituents is 1. The number of ether oxygens (including phenoxy) is 1. The summed E-state index contributed by atoms with van der Waals surface area (Å²) in [6.07, 6.45) is 11.2. The third-order valence-corrected chi connectivity index (χ3v) is 7.75. The van der Waals surface area contributed by atoms with E-state index in [-0.39, 0.29) is 22.2 Å². The van der Waals surface area contributed by atoms with E-state index >= 15 is 0 Å². The van der Waals surface area contributed by atoms with Crippen LogP contribution in [0, 0.1) is 0 Å². The Morgan fingerprint density at radius 3 is 1.76 bits per heavy atom. The van der Waals surface area contributed by atoms with Crippen LogP contribution < -0.4 is 10.1 Å². The predicted octanol–water partition coefficient (Wildman–Crippen LogP) is 10.4. The standard InChI is InChI=1S/C37H59NO3/c1-11-12-13-14-15-16-17-18-23-41-32-21-20-28(26-29(32)35(2,3)4)38-33(39)22-19-27-24-30(36(5,6)7)34(40)31(25-27)37(8,9)10/h20-21,24-26,40H,11-19,22-23H2,1-10H3,(H,38,39). The molecular formula is C37H59NO3. The highest BCUT2D eigenvalue weighted by Gasteiger charge is 2.26. The second kappa shape index (κ2) is 15.1. The van der Waals surface area contributed by atoms with Crippen molar-refractivity contribution in [3.8, 4) is 11.5 Å². The molecular weight excluding hydrogens is 506 g/mol. The van der Waals surface area contributed by atoms with Crippen molar-refractivity contribution in [3.05, 3.63) is 52.6 Å². The number of carbonyl (C=O) groups excluding carboxylic acids is 1. The van der Waals surface area contributed by atoms with Crippen molar-refractivity contribution in [2.45, 2.75) is 150 Å². The first-order valence-electron chi connectivity index (χ1n) is 16.0. The molecule has 4 heteroatoms. The molecule has 230 valence electrons. The maximum absolute atomic E-state index is 13.0. The van der Waals surface area contributed by atoms with Gasteiger partial charge in [-0.25, -0.2) is 0 Å². The quantitative estimate of drug-likeness (QED) is 0.224. The number of anilines is 1. The molecule has 0 unspecified atom stereocenters. The van der Waals surface area contributed by atoms with Gasteiger partial charge in [-0.1, -0.05) is 126 Å². The van der Waals surface area contributed by atoms with E-state index in [0.717, 1.165) is 46.7 Å². The van der Waals surface area contributed by atoms with Gasteiger partial charge in [-0.2, -0.15) is 0 Å². The van der Waals surface area contributed by atoms with E-state index < -0.39 is 0 Å². The monoisotopic (exact) mass is 565 g/mol. The third kappa shape index (κ3) is 11.4. The number of amides is 1. The van der Waals surface area contributed by atoms with Gasteiger partial charge >= 0.3 is 0 Å². The first kappa shape index (κ1) is 34.7. The molecule has 0 heterocycles. The van der Waals surface area contributed by atoms with E-state index in [2.05, 4.69) is 92.8 Å². The summed E-state index contributed by atoms with van der Waals surface area (Å²) in [4.78, 5) is 13.0. The molecule has 0 spiro atoms. The van der Waals surface area contributed by atoms with Crippen LogP contribution in [0.25, 0.3) is 0 Å². The minimum atomic E-state index is -0.191. The van der Waals surface area contributed by atoms with Crippen LogP contribution in [0.4, 0.5) is 5.69 Å². The Morgan fingerprint density at radius 1 is 0.732 bits per heavy atom.